The van der Waals surface area contributed by atoms with Gasteiger partial charge in [0.05, 0.1) is 5.69 Å². The normalized spacial score (nSPS) is 11.0. The molecule has 150 valence electrons. The van der Waals surface area contributed by atoms with Gasteiger partial charge in [0.25, 0.3) is 0 Å². The Kier molecular flexibility index (Phi) is 7.46. The molecule has 0 aliphatic heterocycles. The molecule has 0 aliphatic carbocycles. The summed E-state index contributed by atoms with van der Waals surface area (Å²) < 4.78 is 0. The molecule has 0 saturated heterocycles. The van der Waals surface area contributed by atoms with Crippen LogP contribution in [0.15, 0.2) is 83.9 Å². The number of aliphatic imine (C=N–C) groups is 1. The predicted octanol–water partition coefficient (Wildman–Crippen LogP) is 6.31. The summed E-state index contributed by atoms with van der Waals surface area (Å²) in [6.07, 6.45) is 1.93. The third-order valence-corrected chi connectivity index (χ3v) is 5.20. The van der Waals surface area contributed by atoms with Gasteiger partial charge in [0.1, 0.15) is 0 Å². The number of benzene rings is 3. The van der Waals surface area contributed by atoms with Gasteiger partial charge in [-0.1, -0.05) is 42.5 Å². The second-order valence-corrected chi connectivity index (χ2v) is 7.04. The summed E-state index contributed by atoms with van der Waals surface area (Å²) in [5, 5.41) is 0. The van der Waals surface area contributed by atoms with Gasteiger partial charge in [0, 0.05) is 43.8 Å². The lowest BCUT2D eigenvalue weighted by atomic mass is 10.1. The minimum Gasteiger partial charge on any atom is -0.372 e. The van der Waals surface area contributed by atoms with E-state index in [0.29, 0.717) is 0 Å². The molecule has 0 aromatic heterocycles. The third kappa shape index (κ3) is 5.71. The highest BCUT2D eigenvalue weighted by molar-refractivity contribution is 5.82. The van der Waals surface area contributed by atoms with Crippen LogP contribution in [0.1, 0.15) is 31.9 Å². The van der Waals surface area contributed by atoms with E-state index in [-0.39, 0.29) is 0 Å². The van der Waals surface area contributed by atoms with Crippen LogP contribution in [0.4, 0.5) is 17.1 Å². The van der Waals surface area contributed by atoms with Crippen molar-refractivity contribution in [1.82, 2.24) is 0 Å². The average Bonchev–Trinajstić information content (AvgIpc) is 2.79. The van der Waals surface area contributed by atoms with Crippen LogP contribution in [-0.4, -0.2) is 25.8 Å². The highest BCUT2D eigenvalue weighted by Crippen LogP contribution is 2.21. The van der Waals surface area contributed by atoms with Crippen molar-refractivity contribution in [1.29, 1.82) is 0 Å². The van der Waals surface area contributed by atoms with Crippen molar-refractivity contribution in [2.75, 3.05) is 29.4 Å². The van der Waals surface area contributed by atoms with Gasteiger partial charge in [-0.15, -0.1) is 0 Å². The molecular formula is C26H31N3. The monoisotopic (exact) mass is 385 g/mol. The van der Waals surface area contributed by atoms with Crippen molar-refractivity contribution in [2.45, 2.75) is 27.3 Å². The van der Waals surface area contributed by atoms with Crippen molar-refractivity contribution >= 4 is 23.3 Å². The molecule has 0 unspecified atom stereocenters. The van der Waals surface area contributed by atoms with Crippen LogP contribution in [0.25, 0.3) is 0 Å². The molecule has 0 saturated carbocycles. The van der Waals surface area contributed by atoms with Crippen molar-refractivity contribution in [3.05, 3.63) is 90.0 Å². The number of nitrogens with zero attached hydrogens (tertiary/aromatic N) is 3. The topological polar surface area (TPSA) is 18.8 Å². The van der Waals surface area contributed by atoms with E-state index in [0.717, 1.165) is 37.4 Å². The molecule has 0 radical (unpaired) electrons. The maximum absolute atomic E-state index is 4.63. The van der Waals surface area contributed by atoms with Crippen LogP contribution in [0.5, 0.6) is 0 Å². The summed E-state index contributed by atoms with van der Waals surface area (Å²) in [6.45, 7) is 10.5. The van der Waals surface area contributed by atoms with Gasteiger partial charge in [0.2, 0.25) is 0 Å². The summed E-state index contributed by atoms with van der Waals surface area (Å²) in [6, 6.07) is 27.7. The smallest absolute Gasteiger partial charge is 0.0631 e. The van der Waals surface area contributed by atoms with E-state index in [1.807, 2.05) is 6.21 Å². The quantitative estimate of drug-likeness (QED) is 0.402. The van der Waals surface area contributed by atoms with Gasteiger partial charge in [-0.05, 0) is 68.3 Å². The molecule has 0 heterocycles. The van der Waals surface area contributed by atoms with Crippen molar-refractivity contribution < 1.29 is 0 Å². The van der Waals surface area contributed by atoms with Crippen LogP contribution < -0.4 is 9.80 Å². The van der Waals surface area contributed by atoms with E-state index >= 15 is 0 Å². The Morgan fingerprint density at radius 3 is 1.79 bits per heavy atom. The van der Waals surface area contributed by atoms with Crippen LogP contribution in [0, 0.1) is 0 Å². The molecular weight excluding hydrogens is 354 g/mol. The molecule has 29 heavy (non-hydrogen) atoms. The predicted molar refractivity (Wildman–Crippen MR) is 127 cm³/mol. The van der Waals surface area contributed by atoms with E-state index in [9.17, 15) is 0 Å². The zero-order valence-electron chi connectivity index (χ0n) is 17.8. The SMILES string of the molecule is CCN(CC)c1ccc(N=Cc2ccc(N(CC)Cc3ccccc3)cc2)cc1. The first-order chi connectivity index (χ1) is 14.2. The fraction of sp³-hybridized carbons (Fsp3) is 0.269. The summed E-state index contributed by atoms with van der Waals surface area (Å²) >= 11 is 0. The molecule has 0 amide bonds. The van der Waals surface area contributed by atoms with Gasteiger partial charge in [-0.3, -0.25) is 4.99 Å². The molecule has 0 aliphatic rings. The Labute approximate surface area is 175 Å². The molecule has 3 rings (SSSR count). The second kappa shape index (κ2) is 10.5. The highest BCUT2D eigenvalue weighted by atomic mass is 15.1. The van der Waals surface area contributed by atoms with E-state index in [1.165, 1.54) is 16.9 Å². The lowest BCUT2D eigenvalue weighted by molar-refractivity contribution is 0.832. The van der Waals surface area contributed by atoms with Crippen molar-refractivity contribution in [2.24, 2.45) is 4.99 Å². The molecule has 0 N–H and O–H groups in total. The first-order valence-corrected chi connectivity index (χ1v) is 10.5. The van der Waals surface area contributed by atoms with Gasteiger partial charge in [0.15, 0.2) is 0 Å². The molecule has 3 heteroatoms. The zero-order valence-corrected chi connectivity index (χ0v) is 17.8. The van der Waals surface area contributed by atoms with Gasteiger partial charge >= 0.3 is 0 Å². The summed E-state index contributed by atoms with van der Waals surface area (Å²) in [7, 11) is 0. The van der Waals surface area contributed by atoms with E-state index in [4.69, 9.17) is 0 Å². The van der Waals surface area contributed by atoms with Crippen LogP contribution in [-0.2, 0) is 6.54 Å². The third-order valence-electron chi connectivity index (χ3n) is 5.20. The van der Waals surface area contributed by atoms with Crippen molar-refractivity contribution in [3.8, 4) is 0 Å². The molecule has 0 atom stereocenters. The number of hydrogen-bond acceptors (Lipinski definition) is 3. The lowest BCUT2D eigenvalue weighted by Crippen LogP contribution is -2.21. The fourth-order valence-electron chi connectivity index (χ4n) is 3.45. The van der Waals surface area contributed by atoms with Gasteiger partial charge in [-0.25, -0.2) is 0 Å². The molecule has 0 bridgehead atoms. The fourth-order valence-corrected chi connectivity index (χ4v) is 3.45. The number of rotatable bonds is 9. The molecule has 3 aromatic carbocycles. The van der Waals surface area contributed by atoms with E-state index in [1.54, 1.807) is 0 Å². The zero-order chi connectivity index (χ0) is 20.5. The maximum atomic E-state index is 4.63. The summed E-state index contributed by atoms with van der Waals surface area (Å²) in [4.78, 5) is 9.35. The molecule has 3 nitrogen and oxygen atoms in total. The Hall–Kier alpha value is -3.07. The van der Waals surface area contributed by atoms with E-state index < -0.39 is 0 Å². The molecule has 0 fully saturated rings. The van der Waals surface area contributed by atoms with Crippen LogP contribution in [0.3, 0.4) is 0 Å². The Morgan fingerprint density at radius 1 is 0.655 bits per heavy atom. The average molecular weight is 386 g/mol. The second-order valence-electron chi connectivity index (χ2n) is 7.04. The Morgan fingerprint density at radius 2 is 1.21 bits per heavy atom. The standard InChI is InChI=1S/C26H31N3/c1-4-28(5-2)25-18-14-24(15-19-25)27-20-22-12-16-26(17-13-22)29(6-3)21-23-10-8-7-9-11-23/h7-20H,4-6,21H2,1-3H3. The van der Waals surface area contributed by atoms with Gasteiger partial charge in [-0.2, -0.15) is 0 Å². The first-order valence-electron chi connectivity index (χ1n) is 10.5. The van der Waals surface area contributed by atoms with E-state index in [2.05, 4.69) is 114 Å². The van der Waals surface area contributed by atoms with Gasteiger partial charge < -0.3 is 9.80 Å². The van der Waals surface area contributed by atoms with Crippen LogP contribution >= 0.6 is 0 Å². The highest BCUT2D eigenvalue weighted by Gasteiger charge is 2.05. The minimum absolute atomic E-state index is 0.920. The number of hydrogen-bond donors (Lipinski definition) is 0. The largest absolute Gasteiger partial charge is 0.372 e. The lowest BCUT2D eigenvalue weighted by Gasteiger charge is -2.23. The summed E-state index contributed by atoms with van der Waals surface area (Å²) in [5.41, 5.74) is 5.89. The Bertz CT molecular complexity index is 880. The minimum atomic E-state index is 0.920. The molecule has 0 spiro atoms. The summed E-state index contributed by atoms with van der Waals surface area (Å²) in [5.74, 6) is 0. The maximum Gasteiger partial charge on any atom is 0.0631 e. The van der Waals surface area contributed by atoms with Crippen molar-refractivity contribution in [3.63, 3.8) is 0 Å². The first kappa shape index (κ1) is 20.7. The number of anilines is 2. The molecule has 3 aromatic rings. The Balaban J connectivity index is 1.65. The van der Waals surface area contributed by atoms with Crippen LogP contribution in [0.2, 0.25) is 0 Å².